The van der Waals surface area contributed by atoms with Crippen molar-refractivity contribution in [3.05, 3.63) is 12.3 Å². The second-order valence-electron chi connectivity index (χ2n) is 4.47. The molecule has 0 aliphatic rings. The number of rotatable bonds is 4. The van der Waals surface area contributed by atoms with Gasteiger partial charge in [-0.2, -0.15) is 0 Å². The third-order valence-electron chi connectivity index (χ3n) is 2.17. The van der Waals surface area contributed by atoms with E-state index in [-0.39, 0.29) is 5.41 Å². The largest absolute Gasteiger partial charge is 0.378 e. The van der Waals surface area contributed by atoms with Crippen LogP contribution in [0.15, 0.2) is 12.3 Å². The van der Waals surface area contributed by atoms with Gasteiger partial charge in [0.2, 0.25) is 0 Å². The average Bonchev–Trinajstić information content (AvgIpc) is 1.97. The Balaban J connectivity index is 3.94. The van der Waals surface area contributed by atoms with Gasteiger partial charge in [0.1, 0.15) is 0 Å². The molecule has 0 unspecified atom stereocenters. The van der Waals surface area contributed by atoms with E-state index in [1.165, 1.54) is 18.5 Å². The minimum absolute atomic E-state index is 0.211. The minimum Gasteiger partial charge on any atom is -0.378 e. The van der Waals surface area contributed by atoms with Crippen LogP contribution in [0.3, 0.4) is 0 Å². The third-order valence-corrected chi connectivity index (χ3v) is 2.17. The number of hydrogen-bond donors (Lipinski definition) is 0. The zero-order valence-corrected chi connectivity index (χ0v) is 9.28. The van der Waals surface area contributed by atoms with E-state index in [0.717, 1.165) is 6.54 Å². The summed E-state index contributed by atoms with van der Waals surface area (Å²) < 4.78 is 0. The number of unbranched alkanes of at least 4 members (excludes halogenated alkanes) is 1. The van der Waals surface area contributed by atoms with Gasteiger partial charge in [-0.3, -0.25) is 0 Å². The molecule has 0 bridgehead atoms. The van der Waals surface area contributed by atoms with Crippen LogP contribution >= 0.6 is 0 Å². The topological polar surface area (TPSA) is 3.24 Å². The monoisotopic (exact) mass is 169 g/mol. The highest BCUT2D eigenvalue weighted by Crippen LogP contribution is 2.25. The van der Waals surface area contributed by atoms with E-state index in [1.54, 1.807) is 0 Å². The highest BCUT2D eigenvalue weighted by molar-refractivity contribution is 5.02. The van der Waals surface area contributed by atoms with Gasteiger partial charge in [0.25, 0.3) is 0 Å². The molecule has 0 fully saturated rings. The van der Waals surface area contributed by atoms with Crippen LogP contribution in [0.4, 0.5) is 0 Å². The fraction of sp³-hybridized carbons (Fsp3) is 0.818. The third kappa shape index (κ3) is 3.80. The molecule has 0 aliphatic heterocycles. The lowest BCUT2D eigenvalue weighted by atomic mass is 9.92. The molecule has 0 saturated heterocycles. The highest BCUT2D eigenvalue weighted by Gasteiger charge is 2.17. The molecule has 0 aliphatic carbocycles. The minimum atomic E-state index is 0.211. The molecular weight excluding hydrogens is 146 g/mol. The fourth-order valence-corrected chi connectivity index (χ4v) is 1.10. The van der Waals surface area contributed by atoms with Gasteiger partial charge in [0.05, 0.1) is 0 Å². The maximum atomic E-state index is 4.10. The molecule has 0 aromatic rings. The van der Waals surface area contributed by atoms with Gasteiger partial charge in [-0.05, 0) is 6.42 Å². The van der Waals surface area contributed by atoms with Crippen LogP contribution in [0.5, 0.6) is 0 Å². The smallest absolute Gasteiger partial charge is 0.0171 e. The second-order valence-corrected chi connectivity index (χ2v) is 4.47. The molecule has 0 aromatic carbocycles. The number of nitrogens with zero attached hydrogens (tertiary/aromatic N) is 1. The molecule has 12 heavy (non-hydrogen) atoms. The van der Waals surface area contributed by atoms with E-state index in [2.05, 4.69) is 46.2 Å². The van der Waals surface area contributed by atoms with Crippen molar-refractivity contribution in [3.8, 4) is 0 Å². The average molecular weight is 169 g/mol. The Kier molecular flexibility index (Phi) is 4.36. The summed E-state index contributed by atoms with van der Waals surface area (Å²) in [5.74, 6) is 0. The van der Waals surface area contributed by atoms with Crippen molar-refractivity contribution in [2.24, 2.45) is 5.41 Å². The molecule has 0 radical (unpaired) electrons. The summed E-state index contributed by atoms with van der Waals surface area (Å²) in [7, 11) is 2.13. The zero-order chi connectivity index (χ0) is 9.78. The van der Waals surface area contributed by atoms with Crippen LogP contribution in [0.1, 0.15) is 40.5 Å². The molecule has 0 spiro atoms. The first-order valence-electron chi connectivity index (χ1n) is 4.80. The van der Waals surface area contributed by atoms with Crippen LogP contribution in [0, 0.1) is 5.41 Å². The quantitative estimate of drug-likeness (QED) is 0.624. The van der Waals surface area contributed by atoms with Gasteiger partial charge in [0.15, 0.2) is 0 Å². The Bertz CT molecular complexity index is 142. The SMILES string of the molecule is C=C(N(C)CCCC)C(C)(C)C. The van der Waals surface area contributed by atoms with Crippen molar-refractivity contribution in [1.82, 2.24) is 4.90 Å². The van der Waals surface area contributed by atoms with Crippen molar-refractivity contribution >= 4 is 0 Å². The molecule has 1 nitrogen and oxygen atoms in total. The Morgan fingerprint density at radius 1 is 1.33 bits per heavy atom. The Hall–Kier alpha value is -0.460. The van der Waals surface area contributed by atoms with Crippen molar-refractivity contribution in [2.75, 3.05) is 13.6 Å². The number of allylic oxidation sites excluding steroid dienone is 1. The van der Waals surface area contributed by atoms with E-state index in [1.807, 2.05) is 0 Å². The van der Waals surface area contributed by atoms with Crippen LogP contribution in [-0.4, -0.2) is 18.5 Å². The van der Waals surface area contributed by atoms with E-state index in [9.17, 15) is 0 Å². The van der Waals surface area contributed by atoms with E-state index in [0.29, 0.717) is 0 Å². The predicted molar refractivity (Wildman–Crippen MR) is 56.1 cm³/mol. The lowest BCUT2D eigenvalue weighted by Crippen LogP contribution is -2.26. The van der Waals surface area contributed by atoms with Crippen LogP contribution in [0.25, 0.3) is 0 Å². The zero-order valence-electron chi connectivity index (χ0n) is 9.28. The first-order valence-corrected chi connectivity index (χ1v) is 4.80. The standard InChI is InChI=1S/C11H23N/c1-7-8-9-12(6)10(2)11(3,4)5/h2,7-9H2,1,3-6H3. The van der Waals surface area contributed by atoms with E-state index in [4.69, 9.17) is 0 Å². The molecule has 0 aromatic heterocycles. The molecule has 1 heteroatoms. The van der Waals surface area contributed by atoms with Gasteiger partial charge < -0.3 is 4.90 Å². The maximum Gasteiger partial charge on any atom is 0.0171 e. The summed E-state index contributed by atoms with van der Waals surface area (Å²) in [5.41, 5.74) is 1.44. The first-order chi connectivity index (χ1) is 5.39. The lowest BCUT2D eigenvalue weighted by Gasteiger charge is -2.31. The van der Waals surface area contributed by atoms with Crippen LogP contribution in [-0.2, 0) is 0 Å². The molecule has 0 N–H and O–H groups in total. The van der Waals surface area contributed by atoms with Crippen LogP contribution in [0.2, 0.25) is 0 Å². The maximum absolute atomic E-state index is 4.10. The Morgan fingerprint density at radius 2 is 1.83 bits per heavy atom. The number of hydrogen-bond acceptors (Lipinski definition) is 1. The molecule has 0 atom stereocenters. The molecule has 0 heterocycles. The summed E-state index contributed by atoms with van der Waals surface area (Å²) in [4.78, 5) is 2.27. The summed E-state index contributed by atoms with van der Waals surface area (Å²) >= 11 is 0. The second kappa shape index (κ2) is 4.54. The molecule has 0 amide bonds. The Morgan fingerprint density at radius 3 is 2.17 bits per heavy atom. The van der Waals surface area contributed by atoms with Crippen molar-refractivity contribution in [2.45, 2.75) is 40.5 Å². The van der Waals surface area contributed by atoms with Gasteiger partial charge in [0, 0.05) is 24.7 Å². The summed E-state index contributed by atoms with van der Waals surface area (Å²) in [6.07, 6.45) is 2.51. The summed E-state index contributed by atoms with van der Waals surface area (Å²) in [6.45, 7) is 14.1. The van der Waals surface area contributed by atoms with Gasteiger partial charge in [-0.25, -0.2) is 0 Å². The normalized spacial score (nSPS) is 11.4. The van der Waals surface area contributed by atoms with Crippen molar-refractivity contribution < 1.29 is 0 Å². The highest BCUT2D eigenvalue weighted by atomic mass is 15.1. The van der Waals surface area contributed by atoms with E-state index < -0.39 is 0 Å². The molecule has 72 valence electrons. The van der Waals surface area contributed by atoms with Crippen molar-refractivity contribution in [3.63, 3.8) is 0 Å². The Labute approximate surface area is 77.5 Å². The fourth-order valence-electron chi connectivity index (χ4n) is 1.10. The molecular formula is C11H23N. The lowest BCUT2D eigenvalue weighted by molar-refractivity contribution is 0.308. The van der Waals surface area contributed by atoms with E-state index >= 15 is 0 Å². The predicted octanol–water partition coefficient (Wildman–Crippen LogP) is 3.28. The van der Waals surface area contributed by atoms with Gasteiger partial charge in [-0.15, -0.1) is 0 Å². The summed E-state index contributed by atoms with van der Waals surface area (Å²) in [5, 5.41) is 0. The molecule has 0 rings (SSSR count). The van der Waals surface area contributed by atoms with Gasteiger partial charge in [-0.1, -0.05) is 40.7 Å². The summed E-state index contributed by atoms with van der Waals surface area (Å²) in [6, 6.07) is 0. The van der Waals surface area contributed by atoms with Gasteiger partial charge >= 0.3 is 0 Å². The van der Waals surface area contributed by atoms with Crippen molar-refractivity contribution in [1.29, 1.82) is 0 Å². The first kappa shape index (κ1) is 11.5. The molecule has 0 saturated carbocycles. The van der Waals surface area contributed by atoms with Crippen LogP contribution < -0.4 is 0 Å².